The monoisotopic (exact) mass is 356 g/mol. The van der Waals surface area contributed by atoms with Crippen LogP contribution in [0.4, 0.5) is 5.69 Å². The van der Waals surface area contributed by atoms with Gasteiger partial charge in [-0.25, -0.2) is 4.79 Å². The summed E-state index contributed by atoms with van der Waals surface area (Å²) >= 11 is 0. The molecule has 0 aromatic heterocycles. The van der Waals surface area contributed by atoms with Gasteiger partial charge >= 0.3 is 5.97 Å². The van der Waals surface area contributed by atoms with Crippen molar-refractivity contribution >= 4 is 17.6 Å². The fourth-order valence-electron chi connectivity index (χ4n) is 2.33. The van der Waals surface area contributed by atoms with E-state index in [1.165, 1.54) is 19.1 Å². The molecule has 136 valence electrons. The number of amides is 1. The molecule has 0 heterocycles. The summed E-state index contributed by atoms with van der Waals surface area (Å²) in [6.07, 6.45) is -0.337. The van der Waals surface area contributed by atoms with Crippen molar-refractivity contribution in [3.05, 3.63) is 75.3 Å². The number of carbonyl (C=O) groups is 2. The highest BCUT2D eigenvalue weighted by atomic mass is 16.6. The largest absolute Gasteiger partial charge is 0.449 e. The molecule has 1 N–H and O–H groups in total. The van der Waals surface area contributed by atoms with E-state index in [0.717, 1.165) is 11.6 Å². The van der Waals surface area contributed by atoms with Crippen LogP contribution in [0.2, 0.25) is 0 Å². The molecule has 0 saturated heterocycles. The Kier molecular flexibility index (Phi) is 6.43. The first-order chi connectivity index (χ1) is 12.4. The van der Waals surface area contributed by atoms with Crippen molar-refractivity contribution in [1.82, 2.24) is 5.32 Å². The van der Waals surface area contributed by atoms with Crippen LogP contribution >= 0.6 is 0 Å². The molecule has 0 fully saturated rings. The molecule has 0 aliphatic heterocycles. The summed E-state index contributed by atoms with van der Waals surface area (Å²) in [5.41, 5.74) is 1.40. The molecule has 1 atom stereocenters. The van der Waals surface area contributed by atoms with E-state index in [2.05, 4.69) is 5.32 Å². The zero-order valence-electron chi connectivity index (χ0n) is 14.6. The minimum absolute atomic E-state index is 0.0336. The third-order valence-corrected chi connectivity index (χ3v) is 3.85. The number of nitrogens with zero attached hydrogens (tertiary/aromatic N) is 1. The fourth-order valence-corrected chi connectivity index (χ4v) is 2.33. The van der Waals surface area contributed by atoms with Crippen LogP contribution in [-0.2, 0) is 16.0 Å². The van der Waals surface area contributed by atoms with E-state index in [-0.39, 0.29) is 11.3 Å². The number of nitro groups is 1. The molecule has 2 rings (SSSR count). The van der Waals surface area contributed by atoms with Crippen LogP contribution in [0, 0.1) is 17.0 Å². The lowest BCUT2D eigenvalue weighted by Gasteiger charge is -2.13. The van der Waals surface area contributed by atoms with Crippen LogP contribution in [-0.4, -0.2) is 29.4 Å². The first-order valence-corrected chi connectivity index (χ1v) is 8.16. The predicted molar refractivity (Wildman–Crippen MR) is 95.9 cm³/mol. The zero-order valence-corrected chi connectivity index (χ0v) is 14.6. The van der Waals surface area contributed by atoms with E-state index in [4.69, 9.17) is 4.74 Å². The standard InChI is InChI=1S/C19H20N2O5/c1-13-8-9-16(12-17(13)21(24)25)19(23)26-14(2)18(22)20-11-10-15-6-4-3-5-7-15/h3-9,12,14H,10-11H2,1-2H3,(H,20,22)/t14-/m0/s1. The normalized spacial score (nSPS) is 11.5. The van der Waals surface area contributed by atoms with E-state index >= 15 is 0 Å². The van der Waals surface area contributed by atoms with Gasteiger partial charge in [-0.2, -0.15) is 0 Å². The highest BCUT2D eigenvalue weighted by Gasteiger charge is 2.21. The van der Waals surface area contributed by atoms with Gasteiger partial charge in [0.05, 0.1) is 10.5 Å². The lowest BCUT2D eigenvalue weighted by molar-refractivity contribution is -0.385. The Morgan fingerprint density at radius 3 is 2.54 bits per heavy atom. The summed E-state index contributed by atoms with van der Waals surface area (Å²) in [5.74, 6) is -1.20. The van der Waals surface area contributed by atoms with Gasteiger partial charge in [0.25, 0.3) is 11.6 Å². The molecule has 0 spiro atoms. The quantitative estimate of drug-likeness (QED) is 0.467. The lowest BCUT2D eigenvalue weighted by Crippen LogP contribution is -2.36. The van der Waals surface area contributed by atoms with Crippen LogP contribution in [0.5, 0.6) is 0 Å². The Labute approximate surface area is 151 Å². The summed E-state index contributed by atoms with van der Waals surface area (Å²) in [4.78, 5) is 34.5. The topological polar surface area (TPSA) is 98.5 Å². The maximum absolute atomic E-state index is 12.1. The van der Waals surface area contributed by atoms with Gasteiger partial charge < -0.3 is 10.1 Å². The van der Waals surface area contributed by atoms with Gasteiger partial charge in [0.15, 0.2) is 6.10 Å². The minimum atomic E-state index is -1.00. The highest BCUT2D eigenvalue weighted by molar-refractivity contribution is 5.92. The van der Waals surface area contributed by atoms with E-state index in [1.54, 1.807) is 6.92 Å². The average molecular weight is 356 g/mol. The van der Waals surface area contributed by atoms with E-state index in [9.17, 15) is 19.7 Å². The maximum Gasteiger partial charge on any atom is 0.339 e. The number of hydrogen-bond acceptors (Lipinski definition) is 5. The second kappa shape index (κ2) is 8.75. The summed E-state index contributed by atoms with van der Waals surface area (Å²) in [7, 11) is 0. The van der Waals surface area contributed by atoms with Gasteiger partial charge in [-0.05, 0) is 31.9 Å². The summed E-state index contributed by atoms with van der Waals surface area (Å²) in [6, 6.07) is 13.7. The van der Waals surface area contributed by atoms with Gasteiger partial charge in [0.2, 0.25) is 0 Å². The predicted octanol–water partition coefficient (Wildman–Crippen LogP) is 2.81. The molecule has 0 radical (unpaired) electrons. The molecule has 1 amide bonds. The maximum atomic E-state index is 12.1. The number of rotatable bonds is 7. The van der Waals surface area contributed by atoms with Crippen LogP contribution in [0.15, 0.2) is 48.5 Å². The SMILES string of the molecule is Cc1ccc(C(=O)O[C@@H](C)C(=O)NCCc2ccccc2)cc1[N+](=O)[O-]. The van der Waals surface area contributed by atoms with Gasteiger partial charge in [-0.15, -0.1) is 0 Å². The summed E-state index contributed by atoms with van der Waals surface area (Å²) < 4.78 is 5.10. The molecule has 0 bridgehead atoms. The van der Waals surface area contributed by atoms with E-state index < -0.39 is 22.9 Å². The number of ether oxygens (including phenoxy) is 1. The molecule has 0 aliphatic rings. The molecule has 0 saturated carbocycles. The number of nitro benzene ring substituents is 1. The molecule has 7 heteroatoms. The van der Waals surface area contributed by atoms with Crippen LogP contribution in [0.3, 0.4) is 0 Å². The third-order valence-electron chi connectivity index (χ3n) is 3.85. The molecule has 0 aliphatic carbocycles. The number of carbonyl (C=O) groups excluding carboxylic acids is 2. The minimum Gasteiger partial charge on any atom is -0.449 e. The molecular formula is C19H20N2O5. The summed E-state index contributed by atoms with van der Waals surface area (Å²) in [6.45, 7) is 3.45. The Balaban J connectivity index is 1.89. The van der Waals surface area contributed by atoms with Gasteiger partial charge in [-0.3, -0.25) is 14.9 Å². The van der Waals surface area contributed by atoms with Crippen molar-refractivity contribution in [3.63, 3.8) is 0 Å². The van der Waals surface area contributed by atoms with Crippen molar-refractivity contribution in [1.29, 1.82) is 0 Å². The zero-order chi connectivity index (χ0) is 19.1. The number of hydrogen-bond donors (Lipinski definition) is 1. The Morgan fingerprint density at radius 1 is 1.19 bits per heavy atom. The number of benzene rings is 2. The fraction of sp³-hybridized carbons (Fsp3) is 0.263. The van der Waals surface area contributed by atoms with Crippen molar-refractivity contribution in [2.75, 3.05) is 6.54 Å². The third kappa shape index (κ3) is 5.14. The van der Waals surface area contributed by atoms with E-state index in [0.29, 0.717) is 18.5 Å². The Bertz CT molecular complexity index is 805. The lowest BCUT2D eigenvalue weighted by atomic mass is 10.1. The van der Waals surface area contributed by atoms with Crippen molar-refractivity contribution in [3.8, 4) is 0 Å². The van der Waals surface area contributed by atoms with Gasteiger partial charge in [0, 0.05) is 18.2 Å². The van der Waals surface area contributed by atoms with Crippen molar-refractivity contribution in [2.24, 2.45) is 0 Å². The first kappa shape index (κ1) is 19.1. The number of aryl methyl sites for hydroxylation is 1. The van der Waals surface area contributed by atoms with Crippen LogP contribution < -0.4 is 5.32 Å². The Hall–Kier alpha value is -3.22. The van der Waals surface area contributed by atoms with Crippen molar-refractivity contribution < 1.29 is 19.2 Å². The highest BCUT2D eigenvalue weighted by Crippen LogP contribution is 2.20. The molecule has 2 aromatic carbocycles. The van der Waals surface area contributed by atoms with Gasteiger partial charge in [-0.1, -0.05) is 36.4 Å². The molecule has 26 heavy (non-hydrogen) atoms. The Morgan fingerprint density at radius 2 is 1.88 bits per heavy atom. The second-order valence-electron chi connectivity index (χ2n) is 5.83. The molecule has 7 nitrogen and oxygen atoms in total. The smallest absolute Gasteiger partial charge is 0.339 e. The molecule has 2 aromatic rings. The second-order valence-corrected chi connectivity index (χ2v) is 5.83. The van der Waals surface area contributed by atoms with Crippen LogP contribution in [0.1, 0.15) is 28.4 Å². The average Bonchev–Trinajstić information content (AvgIpc) is 2.62. The molecule has 0 unspecified atom stereocenters. The summed E-state index contributed by atoms with van der Waals surface area (Å²) in [5, 5.41) is 13.7. The van der Waals surface area contributed by atoms with Gasteiger partial charge in [0.1, 0.15) is 0 Å². The van der Waals surface area contributed by atoms with Crippen molar-refractivity contribution in [2.45, 2.75) is 26.4 Å². The number of esters is 1. The first-order valence-electron chi connectivity index (χ1n) is 8.16. The van der Waals surface area contributed by atoms with Crippen LogP contribution in [0.25, 0.3) is 0 Å². The van der Waals surface area contributed by atoms with E-state index in [1.807, 2.05) is 30.3 Å². The molecular weight excluding hydrogens is 336 g/mol. The number of nitrogens with one attached hydrogen (secondary N) is 1.